The van der Waals surface area contributed by atoms with E-state index in [4.69, 9.17) is 4.74 Å². The lowest BCUT2D eigenvalue weighted by Crippen LogP contribution is -2.46. The number of nitrogens with zero attached hydrogens (tertiary/aromatic N) is 3. The number of piperazine rings is 1. The number of rotatable bonds is 6. The molecule has 0 amide bonds. The van der Waals surface area contributed by atoms with Gasteiger partial charge in [-0.1, -0.05) is 36.4 Å². The fraction of sp³-hybridized carbons (Fsp3) is 0.231. The van der Waals surface area contributed by atoms with Crippen molar-refractivity contribution in [1.29, 1.82) is 0 Å². The van der Waals surface area contributed by atoms with Gasteiger partial charge in [0, 0.05) is 50.0 Å². The van der Waals surface area contributed by atoms with E-state index in [1.807, 2.05) is 24.3 Å². The van der Waals surface area contributed by atoms with Crippen LogP contribution in [0.1, 0.15) is 5.56 Å². The van der Waals surface area contributed by atoms with Gasteiger partial charge in [-0.25, -0.2) is 12.4 Å². The molecule has 1 fully saturated rings. The molecule has 4 aromatic rings. The summed E-state index contributed by atoms with van der Waals surface area (Å²) in [6.07, 6.45) is 1.65. The molecule has 0 spiro atoms. The standard InChI is InChI=1S/C26H27N3O3S/c1-32-22-10-12-23(13-11-22)33(30,31)29-15-14-24-25(8-5-9-26(24)29)28-18-16-27(17-19-28)20-21-6-3-2-4-7-21/h2-15H,16-20H2,1H3. The first-order valence-corrected chi connectivity index (χ1v) is 12.5. The van der Waals surface area contributed by atoms with Crippen LogP contribution < -0.4 is 9.64 Å². The average molecular weight is 462 g/mol. The number of benzene rings is 3. The third kappa shape index (κ3) is 4.21. The first kappa shape index (κ1) is 21.6. The number of fused-ring (bicyclic) bond motifs is 1. The summed E-state index contributed by atoms with van der Waals surface area (Å²) in [5, 5.41) is 0.950. The molecular weight excluding hydrogens is 434 g/mol. The van der Waals surface area contributed by atoms with E-state index in [-0.39, 0.29) is 4.90 Å². The molecule has 0 atom stereocenters. The summed E-state index contributed by atoms with van der Waals surface area (Å²) in [4.78, 5) is 5.06. The Morgan fingerprint density at radius 1 is 0.818 bits per heavy atom. The van der Waals surface area contributed by atoms with E-state index in [2.05, 4.69) is 40.1 Å². The zero-order valence-electron chi connectivity index (χ0n) is 18.6. The van der Waals surface area contributed by atoms with Gasteiger partial charge in [-0.2, -0.15) is 0 Å². The van der Waals surface area contributed by atoms with Gasteiger partial charge in [0.2, 0.25) is 0 Å². The van der Waals surface area contributed by atoms with Gasteiger partial charge in [-0.15, -0.1) is 0 Å². The summed E-state index contributed by atoms with van der Waals surface area (Å²) in [5.41, 5.74) is 3.10. The van der Waals surface area contributed by atoms with Gasteiger partial charge in [-0.3, -0.25) is 4.90 Å². The summed E-state index contributed by atoms with van der Waals surface area (Å²) < 4.78 is 33.2. The van der Waals surface area contributed by atoms with Crippen LogP contribution in [0.15, 0.2) is 90.0 Å². The summed E-state index contributed by atoms with van der Waals surface area (Å²) in [6, 6.07) is 24.8. The molecule has 0 radical (unpaired) electrons. The normalized spacial score (nSPS) is 15.1. The van der Waals surface area contributed by atoms with E-state index >= 15 is 0 Å². The molecule has 3 aromatic carbocycles. The van der Waals surface area contributed by atoms with Gasteiger partial charge in [0.1, 0.15) is 5.75 Å². The SMILES string of the molecule is COc1ccc(S(=O)(=O)n2ccc3c(N4CCN(Cc5ccccc5)CC4)cccc32)cc1. The summed E-state index contributed by atoms with van der Waals surface area (Å²) >= 11 is 0. The Balaban J connectivity index is 1.38. The Labute approximate surface area is 194 Å². The lowest BCUT2D eigenvalue weighted by atomic mass is 10.1. The molecule has 33 heavy (non-hydrogen) atoms. The molecule has 2 heterocycles. The minimum absolute atomic E-state index is 0.237. The van der Waals surface area contributed by atoms with Crippen LogP contribution in [-0.4, -0.2) is 50.6 Å². The third-order valence-electron chi connectivity index (χ3n) is 6.25. The molecule has 0 bridgehead atoms. The van der Waals surface area contributed by atoms with Crippen molar-refractivity contribution in [2.24, 2.45) is 0 Å². The molecule has 1 aromatic heterocycles. The van der Waals surface area contributed by atoms with Gasteiger partial charge in [0.25, 0.3) is 10.0 Å². The van der Waals surface area contributed by atoms with Crippen LogP contribution in [0.4, 0.5) is 5.69 Å². The van der Waals surface area contributed by atoms with Crippen LogP contribution in [0.3, 0.4) is 0 Å². The lowest BCUT2D eigenvalue weighted by Gasteiger charge is -2.36. The monoisotopic (exact) mass is 461 g/mol. The number of anilines is 1. The van der Waals surface area contributed by atoms with Crippen LogP contribution in [0.2, 0.25) is 0 Å². The first-order valence-electron chi connectivity index (χ1n) is 11.1. The van der Waals surface area contributed by atoms with Gasteiger partial charge in [-0.05, 0) is 48.0 Å². The van der Waals surface area contributed by atoms with Crippen molar-refractivity contribution in [1.82, 2.24) is 8.87 Å². The van der Waals surface area contributed by atoms with E-state index < -0.39 is 10.0 Å². The smallest absolute Gasteiger partial charge is 0.268 e. The van der Waals surface area contributed by atoms with Gasteiger partial charge >= 0.3 is 0 Å². The topological polar surface area (TPSA) is 54.8 Å². The highest BCUT2D eigenvalue weighted by Crippen LogP contribution is 2.31. The van der Waals surface area contributed by atoms with Crippen LogP contribution in [0, 0.1) is 0 Å². The molecule has 6 nitrogen and oxygen atoms in total. The third-order valence-corrected chi connectivity index (χ3v) is 7.96. The van der Waals surface area contributed by atoms with E-state index in [0.717, 1.165) is 43.8 Å². The Hall–Kier alpha value is -3.29. The van der Waals surface area contributed by atoms with E-state index in [1.165, 1.54) is 9.54 Å². The molecule has 5 rings (SSSR count). The second-order valence-corrected chi connectivity index (χ2v) is 10.1. The maximum absolute atomic E-state index is 13.3. The first-order chi connectivity index (χ1) is 16.1. The van der Waals surface area contributed by atoms with E-state index in [9.17, 15) is 8.42 Å². The summed E-state index contributed by atoms with van der Waals surface area (Å²) in [7, 11) is -2.14. The molecule has 7 heteroatoms. The maximum atomic E-state index is 13.3. The van der Waals surface area contributed by atoms with Crippen molar-refractivity contribution in [3.8, 4) is 5.75 Å². The summed E-state index contributed by atoms with van der Waals surface area (Å²) in [5.74, 6) is 0.625. The highest BCUT2D eigenvalue weighted by atomic mass is 32.2. The second kappa shape index (κ2) is 8.92. The predicted octanol–water partition coefficient (Wildman–Crippen LogP) is 4.21. The largest absolute Gasteiger partial charge is 0.497 e. The highest BCUT2D eigenvalue weighted by Gasteiger charge is 2.23. The van der Waals surface area contributed by atoms with Crippen molar-refractivity contribution in [2.45, 2.75) is 11.4 Å². The van der Waals surface area contributed by atoms with Crippen LogP contribution in [0.25, 0.3) is 10.9 Å². The van der Waals surface area contributed by atoms with Crippen molar-refractivity contribution < 1.29 is 13.2 Å². The minimum Gasteiger partial charge on any atom is -0.497 e. The summed E-state index contributed by atoms with van der Waals surface area (Å²) in [6.45, 7) is 4.70. The minimum atomic E-state index is -3.70. The Bertz CT molecular complexity index is 1340. The van der Waals surface area contributed by atoms with Crippen LogP contribution in [0.5, 0.6) is 5.75 Å². The van der Waals surface area contributed by atoms with Crippen molar-refractivity contribution in [2.75, 3.05) is 38.2 Å². The Morgan fingerprint density at radius 3 is 2.24 bits per heavy atom. The predicted molar refractivity (Wildman–Crippen MR) is 131 cm³/mol. The zero-order chi connectivity index (χ0) is 22.8. The maximum Gasteiger partial charge on any atom is 0.268 e. The lowest BCUT2D eigenvalue weighted by molar-refractivity contribution is 0.250. The number of aromatic nitrogens is 1. The number of hydrogen-bond acceptors (Lipinski definition) is 5. The Morgan fingerprint density at radius 2 is 1.55 bits per heavy atom. The van der Waals surface area contributed by atoms with Crippen molar-refractivity contribution in [3.63, 3.8) is 0 Å². The molecule has 1 saturated heterocycles. The van der Waals surface area contributed by atoms with Gasteiger partial charge in [0.15, 0.2) is 0 Å². The molecule has 0 saturated carbocycles. The fourth-order valence-corrected chi connectivity index (χ4v) is 5.81. The fourth-order valence-electron chi connectivity index (χ4n) is 4.46. The molecule has 0 unspecified atom stereocenters. The van der Waals surface area contributed by atoms with Crippen molar-refractivity contribution >= 4 is 26.6 Å². The molecule has 0 aliphatic carbocycles. The van der Waals surface area contributed by atoms with Gasteiger partial charge < -0.3 is 9.64 Å². The Kier molecular flexibility index (Phi) is 5.83. The molecular formula is C26H27N3O3S. The number of methoxy groups -OCH3 is 1. The van der Waals surface area contributed by atoms with Crippen LogP contribution >= 0.6 is 0 Å². The molecule has 1 aliphatic rings. The quantitative estimate of drug-likeness (QED) is 0.431. The van der Waals surface area contributed by atoms with E-state index in [1.54, 1.807) is 37.6 Å². The van der Waals surface area contributed by atoms with Crippen molar-refractivity contribution in [3.05, 3.63) is 90.6 Å². The zero-order valence-corrected chi connectivity index (χ0v) is 19.4. The highest BCUT2D eigenvalue weighted by molar-refractivity contribution is 7.90. The molecule has 0 N–H and O–H groups in total. The van der Waals surface area contributed by atoms with E-state index in [0.29, 0.717) is 11.3 Å². The van der Waals surface area contributed by atoms with Crippen LogP contribution in [-0.2, 0) is 16.6 Å². The molecule has 1 aliphatic heterocycles. The second-order valence-electron chi connectivity index (χ2n) is 8.25. The molecule has 170 valence electrons. The average Bonchev–Trinajstić information content (AvgIpc) is 3.31. The number of ether oxygens (including phenoxy) is 1. The number of hydrogen-bond donors (Lipinski definition) is 0. The van der Waals surface area contributed by atoms with Gasteiger partial charge in [0.05, 0.1) is 17.5 Å².